The molecule has 3 saturated carbocycles. The molecule has 0 aromatic carbocycles. The van der Waals surface area contributed by atoms with Crippen LogP contribution in [0.25, 0.3) is 0 Å². The average Bonchev–Trinajstić information content (AvgIpc) is 2.52. The summed E-state index contributed by atoms with van der Waals surface area (Å²) in [6, 6.07) is 0. The van der Waals surface area contributed by atoms with Gasteiger partial charge >= 0.3 is 0 Å². The van der Waals surface area contributed by atoms with E-state index >= 15 is 0 Å². The smallest absolute Gasteiger partial charge is 0.118 e. The summed E-state index contributed by atoms with van der Waals surface area (Å²) in [5, 5.41) is 4.04. The Hall–Kier alpha value is 0.700. The predicted molar refractivity (Wildman–Crippen MR) is 96.1 cm³/mol. The fourth-order valence-electron chi connectivity index (χ4n) is 4.81. The van der Waals surface area contributed by atoms with E-state index in [4.69, 9.17) is 12.6 Å². The van der Waals surface area contributed by atoms with Gasteiger partial charge in [0.05, 0.1) is 0 Å². The summed E-state index contributed by atoms with van der Waals surface area (Å²) in [5.41, 5.74) is 0. The van der Waals surface area contributed by atoms with Crippen LogP contribution in [-0.2, 0) is 10.9 Å². The van der Waals surface area contributed by atoms with Crippen molar-refractivity contribution in [2.75, 3.05) is 0 Å². The van der Waals surface area contributed by atoms with Crippen LogP contribution in [0.5, 0.6) is 0 Å². The maximum absolute atomic E-state index is 4.73. The summed E-state index contributed by atoms with van der Waals surface area (Å²) in [5.74, 6) is 0. The Balaban J connectivity index is 1.68. The molecule has 0 saturated heterocycles. The molecule has 0 unspecified atom stereocenters. The SMILES string of the molecule is SC1CCC([S+](C2CCCCC2)C2CCCCC2)CC1. The van der Waals surface area contributed by atoms with E-state index in [0.29, 0.717) is 0 Å². The van der Waals surface area contributed by atoms with E-state index in [2.05, 4.69) is 0 Å². The van der Waals surface area contributed by atoms with Gasteiger partial charge in [0.15, 0.2) is 0 Å². The fourth-order valence-corrected chi connectivity index (χ4v) is 9.31. The van der Waals surface area contributed by atoms with Crippen molar-refractivity contribution in [2.24, 2.45) is 0 Å². The van der Waals surface area contributed by atoms with Gasteiger partial charge in [0.2, 0.25) is 0 Å². The molecule has 0 heterocycles. The molecule has 116 valence electrons. The number of hydrogen-bond donors (Lipinski definition) is 1. The Kier molecular flexibility index (Phi) is 6.09. The summed E-state index contributed by atoms with van der Waals surface area (Å²) in [4.78, 5) is 0. The first kappa shape index (κ1) is 15.6. The Labute approximate surface area is 134 Å². The number of rotatable bonds is 3. The van der Waals surface area contributed by atoms with Gasteiger partial charge in [-0.05, 0) is 87.9 Å². The summed E-state index contributed by atoms with van der Waals surface area (Å²) >= 11 is 4.73. The van der Waals surface area contributed by atoms with Gasteiger partial charge in [-0.2, -0.15) is 12.6 Å². The van der Waals surface area contributed by atoms with Crippen LogP contribution < -0.4 is 0 Å². The molecule has 0 N–H and O–H groups in total. The number of hydrogen-bond acceptors (Lipinski definition) is 1. The second-order valence-corrected chi connectivity index (χ2v) is 10.9. The van der Waals surface area contributed by atoms with Crippen LogP contribution in [0, 0.1) is 0 Å². The maximum atomic E-state index is 4.73. The van der Waals surface area contributed by atoms with Crippen LogP contribution in [0.3, 0.4) is 0 Å². The summed E-state index contributed by atoms with van der Waals surface area (Å²) in [6.07, 6.45) is 21.2. The van der Waals surface area contributed by atoms with Crippen molar-refractivity contribution in [3.63, 3.8) is 0 Å². The molecule has 3 rings (SSSR count). The predicted octanol–water partition coefficient (Wildman–Crippen LogP) is 5.51. The monoisotopic (exact) mass is 313 g/mol. The van der Waals surface area contributed by atoms with E-state index in [0.717, 1.165) is 31.9 Å². The van der Waals surface area contributed by atoms with Crippen molar-refractivity contribution in [1.82, 2.24) is 0 Å². The van der Waals surface area contributed by atoms with Crippen molar-refractivity contribution < 1.29 is 0 Å². The van der Waals surface area contributed by atoms with Gasteiger partial charge in [-0.1, -0.05) is 12.8 Å². The van der Waals surface area contributed by atoms with Crippen LogP contribution >= 0.6 is 12.6 Å². The van der Waals surface area contributed by atoms with E-state index in [9.17, 15) is 0 Å². The van der Waals surface area contributed by atoms with E-state index in [1.165, 1.54) is 64.2 Å². The minimum absolute atomic E-state index is 0.717. The topological polar surface area (TPSA) is 0 Å². The lowest BCUT2D eigenvalue weighted by molar-refractivity contribution is 0.470. The van der Waals surface area contributed by atoms with Crippen molar-refractivity contribution in [2.45, 2.75) is 111 Å². The van der Waals surface area contributed by atoms with E-state index < -0.39 is 0 Å². The third kappa shape index (κ3) is 3.91. The highest BCUT2D eigenvalue weighted by Gasteiger charge is 2.45. The van der Waals surface area contributed by atoms with Crippen LogP contribution in [0.2, 0.25) is 0 Å². The quantitative estimate of drug-likeness (QED) is 0.515. The lowest BCUT2D eigenvalue weighted by atomic mass is 9.98. The second-order valence-electron chi connectivity index (χ2n) is 7.36. The molecule has 20 heavy (non-hydrogen) atoms. The molecular formula is C18H33S2+. The molecule has 3 aliphatic rings. The molecule has 2 heteroatoms. The first-order valence-electron chi connectivity index (χ1n) is 9.23. The highest BCUT2D eigenvalue weighted by molar-refractivity contribution is 7.98. The molecule has 0 bridgehead atoms. The molecule has 0 radical (unpaired) electrons. The van der Waals surface area contributed by atoms with E-state index in [-0.39, 0.29) is 0 Å². The fraction of sp³-hybridized carbons (Fsp3) is 1.00. The van der Waals surface area contributed by atoms with Crippen LogP contribution in [0.1, 0.15) is 89.9 Å². The molecule has 0 amide bonds. The molecular weight excluding hydrogens is 280 g/mol. The van der Waals surface area contributed by atoms with Crippen LogP contribution in [0.4, 0.5) is 0 Å². The third-order valence-corrected chi connectivity index (χ3v) is 10.1. The summed E-state index contributed by atoms with van der Waals surface area (Å²) in [7, 11) is 0.767. The van der Waals surface area contributed by atoms with Gasteiger partial charge in [0.25, 0.3) is 0 Å². The van der Waals surface area contributed by atoms with Gasteiger partial charge in [-0.3, -0.25) is 0 Å². The largest absolute Gasteiger partial charge is 0.176 e. The normalized spacial score (nSPS) is 34.5. The van der Waals surface area contributed by atoms with Crippen molar-refractivity contribution in [3.8, 4) is 0 Å². The molecule has 0 nitrogen and oxygen atoms in total. The summed E-state index contributed by atoms with van der Waals surface area (Å²) < 4.78 is 0. The van der Waals surface area contributed by atoms with Gasteiger partial charge in [-0.25, -0.2) is 0 Å². The lowest BCUT2D eigenvalue weighted by Crippen LogP contribution is -2.44. The Bertz CT molecular complexity index is 253. The minimum Gasteiger partial charge on any atom is -0.176 e. The maximum Gasteiger partial charge on any atom is 0.118 e. The zero-order valence-electron chi connectivity index (χ0n) is 13.1. The standard InChI is InChI=1S/C18H32S2/c19-15-11-13-18(14-12-15)20(16-7-3-1-4-8-16)17-9-5-2-6-10-17/h15-18H,1-14H2/p+1. The first-order valence-corrected chi connectivity index (χ1v) is 11.2. The Morgan fingerprint density at radius 1 is 0.500 bits per heavy atom. The Morgan fingerprint density at radius 2 is 0.900 bits per heavy atom. The number of thiol groups is 1. The second kappa shape index (κ2) is 7.81. The van der Waals surface area contributed by atoms with Crippen molar-refractivity contribution in [3.05, 3.63) is 0 Å². The van der Waals surface area contributed by atoms with E-state index in [1.54, 1.807) is 25.7 Å². The van der Waals surface area contributed by atoms with Crippen LogP contribution in [0.15, 0.2) is 0 Å². The Morgan fingerprint density at radius 3 is 1.35 bits per heavy atom. The van der Waals surface area contributed by atoms with Gasteiger partial charge in [0, 0.05) is 5.25 Å². The van der Waals surface area contributed by atoms with Gasteiger partial charge in [0.1, 0.15) is 15.7 Å². The molecule has 0 aliphatic heterocycles. The van der Waals surface area contributed by atoms with E-state index in [1.807, 2.05) is 0 Å². The zero-order chi connectivity index (χ0) is 13.8. The third-order valence-electron chi connectivity index (χ3n) is 5.90. The molecule has 0 aromatic rings. The minimum atomic E-state index is 0.717. The van der Waals surface area contributed by atoms with Gasteiger partial charge in [-0.15, -0.1) is 0 Å². The molecule has 0 spiro atoms. The van der Waals surface area contributed by atoms with Crippen molar-refractivity contribution >= 4 is 23.5 Å². The molecule has 0 aromatic heterocycles. The zero-order valence-corrected chi connectivity index (χ0v) is 14.8. The van der Waals surface area contributed by atoms with Gasteiger partial charge < -0.3 is 0 Å². The van der Waals surface area contributed by atoms with Crippen LogP contribution in [-0.4, -0.2) is 21.0 Å². The van der Waals surface area contributed by atoms with Crippen molar-refractivity contribution in [1.29, 1.82) is 0 Å². The molecule has 0 atom stereocenters. The first-order chi connectivity index (χ1) is 9.84. The highest BCUT2D eigenvalue weighted by Crippen LogP contribution is 2.41. The molecule has 3 aliphatic carbocycles. The lowest BCUT2D eigenvalue weighted by Gasteiger charge is -2.37. The summed E-state index contributed by atoms with van der Waals surface area (Å²) in [6.45, 7) is 0. The highest BCUT2D eigenvalue weighted by atomic mass is 32.2. The average molecular weight is 314 g/mol. The molecule has 3 fully saturated rings.